The number of H-pyrrole nitrogens is 2. The fourth-order valence-corrected chi connectivity index (χ4v) is 18.7. The molecule has 3 unspecified atom stereocenters. The van der Waals surface area contributed by atoms with E-state index in [1.54, 1.807) is 40.1 Å². The third-order valence-corrected chi connectivity index (χ3v) is 23.5. The first-order chi connectivity index (χ1) is 53.6. The molecule has 0 fully saturated rings. The molecule has 2 spiro atoms. The Morgan fingerprint density at radius 1 is 0.540 bits per heavy atom. The Morgan fingerprint density at radius 2 is 0.956 bits per heavy atom. The molecule has 0 aliphatic carbocycles. The van der Waals surface area contributed by atoms with Crippen LogP contribution in [0.5, 0.6) is 11.5 Å². The summed E-state index contributed by atoms with van der Waals surface area (Å²) >= 11 is 0. The molecule has 14 heterocycles. The number of ether oxygens (including phenoxy) is 2. The molecular weight excluding hydrogens is 1500 g/mol. The maximum Gasteiger partial charge on any atom is 1.00 e. The summed E-state index contributed by atoms with van der Waals surface area (Å²) in [6.45, 7) is 14.0. The van der Waals surface area contributed by atoms with Crippen molar-refractivity contribution in [3.8, 4) is 79.6 Å². The predicted molar refractivity (Wildman–Crippen MR) is 402 cm³/mol. The van der Waals surface area contributed by atoms with Gasteiger partial charge in [0.25, 0.3) is 19.6 Å². The summed E-state index contributed by atoms with van der Waals surface area (Å²) in [5, 5.41) is 20.9. The van der Waals surface area contributed by atoms with Gasteiger partial charge in [-0.05, 0) is 70.2 Å². The Hall–Kier alpha value is -10.5. The first kappa shape index (κ1) is 74.0. The van der Waals surface area contributed by atoms with Crippen molar-refractivity contribution in [1.29, 1.82) is 0 Å². The van der Waals surface area contributed by atoms with E-state index in [1.165, 1.54) is 0 Å². The van der Waals surface area contributed by atoms with E-state index >= 15 is 0 Å². The number of phosphoric ester groups is 2. The van der Waals surface area contributed by atoms with Gasteiger partial charge in [0, 0.05) is 103 Å². The number of benzene rings is 6. The number of aromatic nitrogens is 6. The van der Waals surface area contributed by atoms with Gasteiger partial charge in [-0.15, -0.1) is 0 Å². The van der Waals surface area contributed by atoms with Crippen LogP contribution < -0.4 is 75.8 Å². The largest absolute Gasteiger partial charge is 1.00 e. The molecule has 33 heteroatoms. The van der Waals surface area contributed by atoms with E-state index in [2.05, 4.69) is 72.2 Å². The number of carbonyl (C=O) groups is 4. The predicted octanol–water partition coefficient (Wildman–Crippen LogP) is 8.22. The molecule has 20 bridgehead atoms. The summed E-state index contributed by atoms with van der Waals surface area (Å²) in [4.78, 5) is 123. The topological polar surface area (TPSA) is 431 Å². The van der Waals surface area contributed by atoms with E-state index in [9.17, 15) is 47.9 Å². The van der Waals surface area contributed by atoms with Crippen molar-refractivity contribution >= 4 is 72.5 Å². The third kappa shape index (κ3) is 11.7. The number of oxazole rings is 4. The number of nitrogens with one attached hydrogen (secondary N) is 8. The molecule has 11 atom stereocenters. The first-order valence-electron chi connectivity index (χ1n) is 36.9. The second-order valence-electron chi connectivity index (χ2n) is 30.9. The van der Waals surface area contributed by atoms with Crippen LogP contribution in [0.2, 0.25) is 0 Å². The van der Waals surface area contributed by atoms with Crippen molar-refractivity contribution in [2.75, 3.05) is 10.6 Å². The van der Waals surface area contributed by atoms with Crippen LogP contribution in [-0.4, -0.2) is 105 Å². The van der Waals surface area contributed by atoms with Crippen LogP contribution in [0.15, 0.2) is 152 Å². The Morgan fingerprint density at radius 3 is 1.36 bits per heavy atom. The minimum absolute atomic E-state index is 0. The van der Waals surface area contributed by atoms with Crippen LogP contribution in [0, 0.1) is 23.7 Å². The molecule has 30 nitrogen and oxygen atoms in total. The van der Waals surface area contributed by atoms with E-state index in [4.69, 9.17) is 56.1 Å². The van der Waals surface area contributed by atoms with Crippen LogP contribution in [0.25, 0.3) is 89.9 Å². The Labute approximate surface area is 665 Å². The van der Waals surface area contributed by atoms with Crippen molar-refractivity contribution in [1.82, 2.24) is 51.2 Å². The molecule has 0 saturated carbocycles. The second-order valence-corrected chi connectivity index (χ2v) is 33.2. The minimum atomic E-state index is -5.30. The molecule has 12 aromatic rings. The maximum atomic E-state index is 14.3. The number of hydrogen-bond donors (Lipinski definition) is 11. The van der Waals surface area contributed by atoms with E-state index in [1.807, 2.05) is 119 Å². The molecule has 6 aromatic heterocycles. The second kappa shape index (κ2) is 26.8. The number of aromatic amines is 2. The zero-order chi connectivity index (χ0) is 77.7. The maximum absolute atomic E-state index is 14.3. The summed E-state index contributed by atoms with van der Waals surface area (Å²) < 4.78 is 73.9. The number of anilines is 2. The normalized spacial score (nSPS) is 22.4. The molecule has 8 aliphatic rings. The van der Waals surface area contributed by atoms with E-state index < -0.39 is 111 Å². The number of fused-ring (bicyclic) bond motifs is 14. The van der Waals surface area contributed by atoms with Gasteiger partial charge in [-0.1, -0.05) is 140 Å². The number of rotatable bonds is 12. The summed E-state index contributed by atoms with van der Waals surface area (Å²) in [5.41, 5.74) is 12.0. The van der Waals surface area contributed by atoms with E-state index in [0.29, 0.717) is 57.1 Å². The van der Waals surface area contributed by atoms with Gasteiger partial charge in [0.15, 0.2) is 46.9 Å². The zero-order valence-electron chi connectivity index (χ0n) is 62.2. The van der Waals surface area contributed by atoms with Gasteiger partial charge in [-0.2, -0.15) is 0 Å². The van der Waals surface area contributed by atoms with Gasteiger partial charge in [0.05, 0.1) is 12.4 Å². The van der Waals surface area contributed by atoms with Crippen LogP contribution in [-0.2, 0) is 61.0 Å². The Balaban J connectivity index is 0.000000156. The van der Waals surface area contributed by atoms with Gasteiger partial charge in [0.2, 0.25) is 35.4 Å². The Kier molecular flexibility index (Phi) is 17.6. The number of hydrogen-bond acceptors (Lipinski definition) is 21. The molecule has 113 heavy (non-hydrogen) atoms. The van der Waals surface area contributed by atoms with Crippen molar-refractivity contribution < 1.29 is 114 Å². The molecule has 11 N–H and O–H groups in total. The SMILES string of the molecule is CC(C)[C@H](OP(=O)(O)O)C(=O)N[C@H]1Cc2ccc3c(c2)[C@]24c5cccc(c5NC2O3)-c2cccc3[nH]cc(c23)-c2cnc(o2)-c2nc(oc24)[C@H](C(C)C)NC1=O.CC(C)[C@H](OP(=O)([O-])O)C(=O)N[C@H]1Cc2ccc3c(c2)[C@]24c5cccc(c5NC2O3)-c2cccc3[nH]cc(c23)-c2cnc(o2)-c2nc(oc24)[C@H](C(C)C)NC1=O.[Na+]. The number of carbonyl (C=O) groups excluding carboxylic acids is 4. The number of phosphoric acid groups is 2. The Bertz CT molecular complexity index is 5720. The smallest absolute Gasteiger partial charge is 0.756 e. The summed E-state index contributed by atoms with van der Waals surface area (Å²) in [6, 6.07) is 31.7. The van der Waals surface area contributed by atoms with Crippen LogP contribution in [0.3, 0.4) is 0 Å². The van der Waals surface area contributed by atoms with Crippen LogP contribution in [0.1, 0.15) is 124 Å². The van der Waals surface area contributed by atoms with Gasteiger partial charge in [-0.3, -0.25) is 28.3 Å². The fraction of sp³-hybridized carbons (Fsp3) is 0.300. The van der Waals surface area contributed by atoms with Crippen LogP contribution >= 0.6 is 15.6 Å². The molecule has 8 aliphatic heterocycles. The van der Waals surface area contributed by atoms with Crippen molar-refractivity contribution in [3.63, 3.8) is 0 Å². The molecule has 6 aromatic carbocycles. The monoisotopic (exact) mass is 1570 g/mol. The number of para-hydroxylation sites is 2. The average molecular weight is 1580 g/mol. The number of amides is 4. The van der Waals surface area contributed by atoms with E-state index in [0.717, 1.165) is 88.8 Å². The van der Waals surface area contributed by atoms with Gasteiger partial charge >= 0.3 is 37.4 Å². The molecule has 4 amide bonds. The molecular formula is C80H73N12NaO18P2. The third-order valence-electron chi connectivity index (χ3n) is 22.5. The summed E-state index contributed by atoms with van der Waals surface area (Å²) in [5.74, 6) is -0.789. The van der Waals surface area contributed by atoms with E-state index in [-0.39, 0.29) is 77.8 Å². The first-order valence-corrected chi connectivity index (χ1v) is 39.9. The molecule has 572 valence electrons. The van der Waals surface area contributed by atoms with Gasteiger partial charge < -0.3 is 93.1 Å². The molecule has 0 radical (unpaired) electrons. The summed E-state index contributed by atoms with van der Waals surface area (Å²) in [7, 11) is -10.3. The van der Waals surface area contributed by atoms with Crippen molar-refractivity contribution in [2.24, 2.45) is 23.7 Å². The molecule has 0 saturated heterocycles. The standard InChI is InChI=1S/2C40H37N6O9P.Na/c2*1-17(2)30-38-45-32-34(54-38)40-23-9-5-8-21(20-7-6-10-25-29(20)22(15-41-25)28-16-42-37(32)52-28)31(23)46-39(40)53-27-12-11-19(13-24(27)40)14-26(35(47)44-30)43-36(48)33(18(3)4)55-56(49,50)51;/h2*5-13,15-18,26,30,33,39,41,46H,14H2,1-4H3,(H,43,48)(H,44,47)(H2,49,50,51);/q;;+1/p-1/t2*26-,30-,33-,39?,40-;/m00./s1. The van der Waals surface area contributed by atoms with Crippen molar-refractivity contribution in [3.05, 3.63) is 191 Å². The zero-order valence-corrected chi connectivity index (χ0v) is 66.0. The average Bonchev–Trinajstić information content (AvgIpc) is 1.52. The fourth-order valence-electron chi connectivity index (χ4n) is 17.5. The number of nitrogens with zero attached hydrogens (tertiary/aromatic N) is 4. The van der Waals surface area contributed by atoms with Crippen molar-refractivity contribution in [2.45, 2.75) is 128 Å². The molecule has 20 rings (SSSR count). The summed E-state index contributed by atoms with van der Waals surface area (Å²) in [6.07, 6.45) is 2.66. The quantitative estimate of drug-likeness (QED) is 0.0405. The van der Waals surface area contributed by atoms with Gasteiger partial charge in [0.1, 0.15) is 58.7 Å². The van der Waals surface area contributed by atoms with Crippen LogP contribution in [0.4, 0.5) is 11.4 Å². The van der Waals surface area contributed by atoms with Gasteiger partial charge in [-0.25, -0.2) is 24.5 Å². The minimum Gasteiger partial charge on any atom is -0.756 e.